The third kappa shape index (κ3) is 3.05. The first kappa shape index (κ1) is 15.9. The van der Waals surface area contributed by atoms with E-state index in [4.69, 9.17) is 4.74 Å². The van der Waals surface area contributed by atoms with Gasteiger partial charge < -0.3 is 9.84 Å². The van der Waals surface area contributed by atoms with Crippen LogP contribution in [0.25, 0.3) is 22.0 Å². The molecule has 0 aliphatic rings. The Kier molecular flexibility index (Phi) is 3.71. The normalized spacial score (nSPS) is 11.7. The summed E-state index contributed by atoms with van der Waals surface area (Å²) in [5.74, 6) is 0.664. The minimum Gasteiger partial charge on any atom is -0.507 e. The molecular formula is C17H18N4O3. The van der Waals surface area contributed by atoms with Crippen molar-refractivity contribution in [2.45, 2.75) is 33.3 Å². The Morgan fingerprint density at radius 2 is 1.83 bits per heavy atom. The average Bonchev–Trinajstić information content (AvgIpc) is 2.88. The Bertz CT molecular complexity index is 908. The van der Waals surface area contributed by atoms with Crippen LogP contribution in [0, 0.1) is 6.92 Å². The number of carbonyl (C=O) groups excluding carboxylic acids is 1. The van der Waals surface area contributed by atoms with Gasteiger partial charge in [0, 0.05) is 35.0 Å². The zero-order valence-corrected chi connectivity index (χ0v) is 13.9. The summed E-state index contributed by atoms with van der Waals surface area (Å²) in [7, 11) is 0. The monoisotopic (exact) mass is 326 g/mol. The molecule has 0 radical (unpaired) electrons. The molecule has 0 spiro atoms. The molecule has 2 heterocycles. The maximum absolute atomic E-state index is 12.2. The van der Waals surface area contributed by atoms with Crippen molar-refractivity contribution in [3.05, 3.63) is 36.5 Å². The number of aromatic hydroxyl groups is 1. The van der Waals surface area contributed by atoms with Gasteiger partial charge in [0.2, 0.25) is 0 Å². The van der Waals surface area contributed by atoms with Crippen molar-refractivity contribution in [2.24, 2.45) is 0 Å². The number of carbonyl (C=O) groups is 1. The van der Waals surface area contributed by atoms with Gasteiger partial charge in [0.1, 0.15) is 17.2 Å². The number of phenols is 1. The number of aromatic nitrogens is 4. The Morgan fingerprint density at radius 1 is 1.17 bits per heavy atom. The minimum atomic E-state index is -0.628. The highest BCUT2D eigenvalue weighted by Gasteiger charge is 2.21. The summed E-state index contributed by atoms with van der Waals surface area (Å²) in [5, 5.41) is 15.1. The second-order valence-electron chi connectivity index (χ2n) is 6.48. The smallest absolute Gasteiger partial charge is 0.435 e. The Morgan fingerprint density at radius 3 is 2.46 bits per heavy atom. The molecule has 0 fully saturated rings. The van der Waals surface area contributed by atoms with Crippen LogP contribution in [-0.2, 0) is 4.74 Å². The highest BCUT2D eigenvalue weighted by atomic mass is 16.6. The summed E-state index contributed by atoms with van der Waals surface area (Å²) < 4.78 is 6.45. The molecule has 0 bridgehead atoms. The molecular weight excluding hydrogens is 308 g/mol. The van der Waals surface area contributed by atoms with Crippen molar-refractivity contribution >= 4 is 17.0 Å². The first-order chi connectivity index (χ1) is 11.2. The maximum Gasteiger partial charge on any atom is 0.435 e. The number of hydrogen-bond acceptors (Lipinski definition) is 6. The maximum atomic E-state index is 12.2. The molecule has 3 aromatic rings. The van der Waals surface area contributed by atoms with Crippen LogP contribution in [0.5, 0.6) is 5.75 Å². The molecule has 124 valence electrons. The lowest BCUT2D eigenvalue weighted by Gasteiger charge is -2.19. The molecule has 7 nitrogen and oxygen atoms in total. The molecule has 0 aliphatic carbocycles. The summed E-state index contributed by atoms with van der Waals surface area (Å²) in [6.45, 7) is 7.13. The van der Waals surface area contributed by atoms with Gasteiger partial charge in [-0.2, -0.15) is 9.78 Å². The van der Waals surface area contributed by atoms with Crippen molar-refractivity contribution in [1.82, 2.24) is 19.7 Å². The first-order valence-corrected chi connectivity index (χ1v) is 7.48. The predicted octanol–water partition coefficient (Wildman–Crippen LogP) is 3.29. The Hall–Kier alpha value is -2.96. The van der Waals surface area contributed by atoms with Crippen molar-refractivity contribution in [1.29, 1.82) is 0 Å². The third-order valence-electron chi connectivity index (χ3n) is 3.34. The zero-order valence-electron chi connectivity index (χ0n) is 13.9. The molecule has 3 rings (SSSR count). The molecule has 0 unspecified atom stereocenters. The van der Waals surface area contributed by atoms with Gasteiger partial charge in [0.25, 0.3) is 0 Å². The number of fused-ring (bicyclic) bond motifs is 1. The summed E-state index contributed by atoms with van der Waals surface area (Å²) >= 11 is 0. The highest BCUT2D eigenvalue weighted by molar-refractivity contribution is 5.92. The van der Waals surface area contributed by atoms with Crippen molar-refractivity contribution < 1.29 is 14.6 Å². The number of aryl methyl sites for hydroxylation is 1. The van der Waals surface area contributed by atoms with Crippen LogP contribution in [0.3, 0.4) is 0 Å². The van der Waals surface area contributed by atoms with Crippen LogP contribution in [0.15, 0.2) is 30.7 Å². The number of phenolic OH excluding ortho intramolecular Hbond substituents is 1. The van der Waals surface area contributed by atoms with Crippen LogP contribution >= 0.6 is 0 Å². The van der Waals surface area contributed by atoms with Crippen LogP contribution < -0.4 is 0 Å². The van der Waals surface area contributed by atoms with E-state index in [0.717, 1.165) is 4.68 Å². The van der Waals surface area contributed by atoms with Gasteiger partial charge in [0.15, 0.2) is 0 Å². The number of hydrogen-bond donors (Lipinski definition) is 1. The standard InChI is InChI=1S/C17H18N4O3/c1-10-18-7-12(8-19-10)13-5-11-9-20-21(14(11)6-15(13)22)16(23)24-17(2,3)4/h5-9,22H,1-4H3. The fourth-order valence-electron chi connectivity index (χ4n) is 2.28. The van der Waals surface area contributed by atoms with Crippen LogP contribution in [0.2, 0.25) is 0 Å². The third-order valence-corrected chi connectivity index (χ3v) is 3.34. The van der Waals surface area contributed by atoms with E-state index in [1.165, 1.54) is 6.07 Å². The predicted molar refractivity (Wildman–Crippen MR) is 88.8 cm³/mol. The average molecular weight is 326 g/mol. The number of ether oxygens (including phenoxy) is 1. The quantitative estimate of drug-likeness (QED) is 0.738. The molecule has 0 saturated heterocycles. The lowest BCUT2D eigenvalue weighted by atomic mass is 10.1. The fraction of sp³-hybridized carbons (Fsp3) is 0.294. The van der Waals surface area contributed by atoms with Gasteiger partial charge in [-0.1, -0.05) is 0 Å². The fourth-order valence-corrected chi connectivity index (χ4v) is 2.28. The largest absolute Gasteiger partial charge is 0.507 e. The van der Waals surface area contributed by atoms with Crippen LogP contribution in [0.4, 0.5) is 4.79 Å². The van der Waals surface area contributed by atoms with E-state index in [1.807, 2.05) is 0 Å². The highest BCUT2D eigenvalue weighted by Crippen LogP contribution is 2.33. The molecule has 1 N–H and O–H groups in total. The molecule has 0 amide bonds. The van der Waals surface area contributed by atoms with Crippen LogP contribution in [-0.4, -0.2) is 36.5 Å². The van der Waals surface area contributed by atoms with Crippen molar-refractivity contribution in [3.8, 4) is 16.9 Å². The van der Waals surface area contributed by atoms with E-state index in [1.54, 1.807) is 52.4 Å². The number of nitrogens with zero attached hydrogens (tertiary/aromatic N) is 4. The minimum absolute atomic E-state index is 0.0141. The zero-order chi connectivity index (χ0) is 17.5. The summed E-state index contributed by atoms with van der Waals surface area (Å²) in [5.41, 5.74) is 1.10. The van der Waals surface area contributed by atoms with Gasteiger partial charge in [-0.3, -0.25) is 0 Å². The molecule has 0 aliphatic heterocycles. The van der Waals surface area contributed by atoms with Crippen molar-refractivity contribution in [2.75, 3.05) is 0 Å². The topological polar surface area (TPSA) is 90.1 Å². The Balaban J connectivity index is 2.05. The lowest BCUT2D eigenvalue weighted by Crippen LogP contribution is -2.27. The first-order valence-electron chi connectivity index (χ1n) is 7.48. The lowest BCUT2D eigenvalue weighted by molar-refractivity contribution is 0.0523. The van der Waals surface area contributed by atoms with E-state index in [-0.39, 0.29) is 5.75 Å². The molecule has 1 aromatic carbocycles. The van der Waals surface area contributed by atoms with Crippen LogP contribution in [0.1, 0.15) is 26.6 Å². The summed E-state index contributed by atoms with van der Waals surface area (Å²) in [6.07, 6.45) is 4.24. The van der Waals surface area contributed by atoms with Gasteiger partial charge >= 0.3 is 6.09 Å². The van der Waals surface area contributed by atoms with Gasteiger partial charge in [0.05, 0.1) is 11.7 Å². The van der Waals surface area contributed by atoms with E-state index >= 15 is 0 Å². The van der Waals surface area contributed by atoms with Gasteiger partial charge in [-0.05, 0) is 33.8 Å². The Labute approximate surface area is 138 Å². The van der Waals surface area contributed by atoms with E-state index in [0.29, 0.717) is 27.9 Å². The number of benzene rings is 1. The molecule has 0 atom stereocenters. The summed E-state index contributed by atoms with van der Waals surface area (Å²) in [4.78, 5) is 20.5. The summed E-state index contributed by atoms with van der Waals surface area (Å²) in [6, 6.07) is 3.23. The molecule has 2 aromatic heterocycles. The second kappa shape index (κ2) is 5.59. The van der Waals surface area contributed by atoms with Gasteiger partial charge in [-0.15, -0.1) is 0 Å². The van der Waals surface area contributed by atoms with E-state index in [2.05, 4.69) is 15.1 Å². The van der Waals surface area contributed by atoms with Crippen molar-refractivity contribution in [3.63, 3.8) is 0 Å². The molecule has 24 heavy (non-hydrogen) atoms. The molecule has 0 saturated carbocycles. The molecule has 7 heteroatoms. The second-order valence-corrected chi connectivity index (χ2v) is 6.48. The van der Waals surface area contributed by atoms with E-state index in [9.17, 15) is 9.90 Å². The van der Waals surface area contributed by atoms with Gasteiger partial charge in [-0.25, -0.2) is 14.8 Å². The SMILES string of the molecule is Cc1ncc(-c2cc3cnn(C(=O)OC(C)(C)C)c3cc2O)cn1. The number of rotatable bonds is 1. The van der Waals surface area contributed by atoms with E-state index < -0.39 is 11.7 Å².